The van der Waals surface area contributed by atoms with Gasteiger partial charge < -0.3 is 5.32 Å². The van der Waals surface area contributed by atoms with Crippen molar-refractivity contribution < 1.29 is 4.79 Å². The normalized spacial score (nSPS) is 17.9. The number of rotatable bonds is 7. The number of hydrogen-bond donors (Lipinski definition) is 1. The van der Waals surface area contributed by atoms with Gasteiger partial charge in [0.25, 0.3) is 0 Å². The largest absolute Gasteiger partial charge is 0.356 e. The molecular weight excluding hydrogens is 242 g/mol. The van der Waals surface area contributed by atoms with E-state index in [1.165, 1.54) is 19.3 Å². The van der Waals surface area contributed by atoms with Crippen molar-refractivity contribution in [3.05, 3.63) is 0 Å². The van der Waals surface area contributed by atoms with Crippen molar-refractivity contribution in [1.29, 1.82) is 0 Å². The van der Waals surface area contributed by atoms with E-state index in [0.29, 0.717) is 11.8 Å². The minimum absolute atomic E-state index is 0.227. The molecule has 1 saturated carbocycles. The monoisotopic (exact) mass is 261 g/mol. The first kappa shape index (κ1) is 12.0. The molecule has 0 heterocycles. The predicted molar refractivity (Wildman–Crippen MR) is 62.6 cm³/mol. The molecule has 1 N–H and O–H groups in total. The molecule has 3 heteroatoms. The van der Waals surface area contributed by atoms with Crippen molar-refractivity contribution in [2.75, 3.05) is 11.9 Å². The SMILES string of the molecule is CCCCCC(=O)NCC1(CBr)CC1. The number of unbranched alkanes of at least 4 members (excludes halogenated alkanes) is 2. The molecule has 14 heavy (non-hydrogen) atoms. The second-order valence-corrected chi connectivity index (χ2v) is 4.93. The number of carbonyl (C=O) groups excluding carboxylic acids is 1. The van der Waals surface area contributed by atoms with Crippen molar-refractivity contribution in [3.8, 4) is 0 Å². The first-order chi connectivity index (χ1) is 6.72. The molecule has 1 aliphatic rings. The summed E-state index contributed by atoms with van der Waals surface area (Å²) in [6, 6.07) is 0. The molecule has 1 aliphatic carbocycles. The lowest BCUT2D eigenvalue weighted by atomic mass is 10.1. The molecule has 1 rings (SSSR count). The molecular formula is C11H20BrNO. The summed E-state index contributed by atoms with van der Waals surface area (Å²) in [7, 11) is 0. The van der Waals surface area contributed by atoms with E-state index in [9.17, 15) is 4.79 Å². The second-order valence-electron chi connectivity index (χ2n) is 4.37. The van der Waals surface area contributed by atoms with Gasteiger partial charge in [0.15, 0.2) is 0 Å². The maximum atomic E-state index is 11.4. The van der Waals surface area contributed by atoms with Crippen LogP contribution in [0.25, 0.3) is 0 Å². The van der Waals surface area contributed by atoms with Gasteiger partial charge in [-0.1, -0.05) is 35.7 Å². The second kappa shape index (κ2) is 5.74. The van der Waals surface area contributed by atoms with Crippen LogP contribution in [0.3, 0.4) is 0 Å². The molecule has 0 aromatic rings. The molecule has 0 radical (unpaired) electrons. The summed E-state index contributed by atoms with van der Waals surface area (Å²) in [4.78, 5) is 11.4. The van der Waals surface area contributed by atoms with Crippen molar-refractivity contribution >= 4 is 21.8 Å². The summed E-state index contributed by atoms with van der Waals surface area (Å²) in [5.74, 6) is 0.227. The number of carbonyl (C=O) groups is 1. The first-order valence-corrected chi connectivity index (χ1v) is 6.67. The quantitative estimate of drug-likeness (QED) is 0.554. The van der Waals surface area contributed by atoms with Crippen LogP contribution in [0.1, 0.15) is 45.4 Å². The molecule has 0 unspecified atom stereocenters. The van der Waals surface area contributed by atoms with Crippen molar-refractivity contribution in [2.24, 2.45) is 5.41 Å². The van der Waals surface area contributed by atoms with E-state index < -0.39 is 0 Å². The smallest absolute Gasteiger partial charge is 0.220 e. The van der Waals surface area contributed by atoms with E-state index in [4.69, 9.17) is 0 Å². The number of amides is 1. The van der Waals surface area contributed by atoms with Crippen molar-refractivity contribution in [3.63, 3.8) is 0 Å². The van der Waals surface area contributed by atoms with Gasteiger partial charge in [-0.3, -0.25) is 4.79 Å². The van der Waals surface area contributed by atoms with Crippen LogP contribution in [0.4, 0.5) is 0 Å². The van der Waals surface area contributed by atoms with E-state index in [2.05, 4.69) is 28.2 Å². The molecule has 2 nitrogen and oxygen atoms in total. The summed E-state index contributed by atoms with van der Waals surface area (Å²) in [5.41, 5.74) is 0.403. The minimum atomic E-state index is 0.227. The Balaban J connectivity index is 2.03. The Morgan fingerprint density at radius 3 is 2.64 bits per heavy atom. The van der Waals surface area contributed by atoms with E-state index in [-0.39, 0.29) is 5.91 Å². The van der Waals surface area contributed by atoms with Gasteiger partial charge in [-0.25, -0.2) is 0 Å². The lowest BCUT2D eigenvalue weighted by Crippen LogP contribution is -2.30. The molecule has 0 aromatic carbocycles. The zero-order valence-electron chi connectivity index (χ0n) is 8.94. The Morgan fingerprint density at radius 2 is 2.14 bits per heavy atom. The molecule has 0 spiro atoms. The van der Waals surface area contributed by atoms with Crippen LogP contribution >= 0.6 is 15.9 Å². The first-order valence-electron chi connectivity index (χ1n) is 5.55. The van der Waals surface area contributed by atoms with Crippen LogP contribution in [0.5, 0.6) is 0 Å². The Hall–Kier alpha value is -0.0500. The minimum Gasteiger partial charge on any atom is -0.356 e. The van der Waals surface area contributed by atoms with Gasteiger partial charge in [0.1, 0.15) is 0 Å². The van der Waals surface area contributed by atoms with Crippen LogP contribution < -0.4 is 5.32 Å². The predicted octanol–water partition coefficient (Wildman–Crippen LogP) is 2.86. The molecule has 0 atom stereocenters. The van der Waals surface area contributed by atoms with Crippen LogP contribution in [-0.4, -0.2) is 17.8 Å². The average molecular weight is 262 g/mol. The molecule has 0 bridgehead atoms. The van der Waals surface area contributed by atoms with Crippen LogP contribution in [0.2, 0.25) is 0 Å². The summed E-state index contributed by atoms with van der Waals surface area (Å²) in [6.07, 6.45) is 6.59. The van der Waals surface area contributed by atoms with E-state index in [0.717, 1.165) is 24.7 Å². The molecule has 0 aliphatic heterocycles. The topological polar surface area (TPSA) is 29.1 Å². The Morgan fingerprint density at radius 1 is 1.43 bits per heavy atom. The van der Waals surface area contributed by atoms with E-state index in [1.807, 2.05) is 0 Å². The standard InChI is InChI=1S/C11H20BrNO/c1-2-3-4-5-10(14)13-9-11(8-12)6-7-11/h2-9H2,1H3,(H,13,14). The van der Waals surface area contributed by atoms with Crippen LogP contribution in [-0.2, 0) is 4.79 Å². The molecule has 82 valence electrons. The van der Waals surface area contributed by atoms with E-state index in [1.54, 1.807) is 0 Å². The van der Waals surface area contributed by atoms with Gasteiger partial charge in [-0.2, -0.15) is 0 Å². The number of halogens is 1. The van der Waals surface area contributed by atoms with E-state index >= 15 is 0 Å². The highest BCUT2D eigenvalue weighted by Crippen LogP contribution is 2.46. The number of alkyl halides is 1. The number of hydrogen-bond acceptors (Lipinski definition) is 1. The third-order valence-electron chi connectivity index (χ3n) is 2.91. The lowest BCUT2D eigenvalue weighted by molar-refractivity contribution is -0.121. The molecule has 0 aromatic heterocycles. The summed E-state index contributed by atoms with van der Waals surface area (Å²) in [6.45, 7) is 3.02. The highest BCUT2D eigenvalue weighted by molar-refractivity contribution is 9.09. The fourth-order valence-corrected chi connectivity index (χ4v) is 2.20. The summed E-state index contributed by atoms with van der Waals surface area (Å²) < 4.78 is 0. The maximum absolute atomic E-state index is 11.4. The fourth-order valence-electron chi connectivity index (χ4n) is 1.44. The third-order valence-corrected chi connectivity index (χ3v) is 4.10. The van der Waals surface area contributed by atoms with Crippen LogP contribution in [0.15, 0.2) is 0 Å². The Bertz CT molecular complexity index is 190. The Labute approximate surface area is 95.0 Å². The van der Waals surface area contributed by atoms with Gasteiger partial charge in [0, 0.05) is 18.3 Å². The Kier molecular flexibility index (Phi) is 4.93. The highest BCUT2D eigenvalue weighted by Gasteiger charge is 2.41. The fraction of sp³-hybridized carbons (Fsp3) is 0.909. The molecule has 1 fully saturated rings. The lowest BCUT2D eigenvalue weighted by Gasteiger charge is -2.12. The maximum Gasteiger partial charge on any atom is 0.220 e. The van der Waals surface area contributed by atoms with Crippen LogP contribution in [0, 0.1) is 5.41 Å². The zero-order valence-corrected chi connectivity index (χ0v) is 10.5. The van der Waals surface area contributed by atoms with Gasteiger partial charge >= 0.3 is 0 Å². The van der Waals surface area contributed by atoms with Gasteiger partial charge in [-0.05, 0) is 24.7 Å². The van der Waals surface area contributed by atoms with Gasteiger partial charge in [0.2, 0.25) is 5.91 Å². The molecule has 1 amide bonds. The summed E-state index contributed by atoms with van der Waals surface area (Å²) in [5, 5.41) is 4.05. The average Bonchev–Trinajstić information content (AvgIpc) is 2.96. The van der Waals surface area contributed by atoms with Gasteiger partial charge in [0.05, 0.1) is 0 Å². The molecule has 0 saturated heterocycles. The highest BCUT2D eigenvalue weighted by atomic mass is 79.9. The zero-order chi connectivity index (χ0) is 10.4. The van der Waals surface area contributed by atoms with Crippen molar-refractivity contribution in [1.82, 2.24) is 5.32 Å². The van der Waals surface area contributed by atoms with Crippen molar-refractivity contribution in [2.45, 2.75) is 45.4 Å². The summed E-state index contributed by atoms with van der Waals surface area (Å²) >= 11 is 3.50. The third kappa shape index (κ3) is 3.99. The number of nitrogens with one attached hydrogen (secondary N) is 1. The van der Waals surface area contributed by atoms with Gasteiger partial charge in [-0.15, -0.1) is 0 Å².